The lowest BCUT2D eigenvalue weighted by atomic mass is 10.1. The molecule has 5 rings (SSSR count). The van der Waals surface area contributed by atoms with E-state index >= 15 is 0 Å². The maximum atomic E-state index is 12.6. The first-order valence-electron chi connectivity index (χ1n) is 8.25. The van der Waals surface area contributed by atoms with Crippen LogP contribution >= 0.6 is 11.3 Å². The Morgan fingerprint density at radius 2 is 2.04 bits per heavy atom. The SMILES string of the molecule is O=C(c1cccs1)N1C[C@@H]2OCc3c(-c4ccccc4)nnn3[C@H]2C1. The van der Waals surface area contributed by atoms with Crippen molar-refractivity contribution in [1.29, 1.82) is 0 Å². The second kappa shape index (κ2) is 5.79. The highest BCUT2D eigenvalue weighted by atomic mass is 32.1. The first kappa shape index (κ1) is 14.8. The van der Waals surface area contributed by atoms with Crippen molar-refractivity contribution in [3.63, 3.8) is 0 Å². The lowest BCUT2D eigenvalue weighted by Crippen LogP contribution is -2.32. The van der Waals surface area contributed by atoms with E-state index in [0.717, 1.165) is 21.8 Å². The Morgan fingerprint density at radius 1 is 1.16 bits per heavy atom. The number of aromatic nitrogens is 3. The molecule has 0 aliphatic carbocycles. The van der Waals surface area contributed by atoms with Crippen LogP contribution in [0.5, 0.6) is 0 Å². The number of ether oxygens (including phenoxy) is 1. The molecular weight excluding hydrogens is 336 g/mol. The number of likely N-dealkylation sites (tertiary alicyclic amines) is 1. The van der Waals surface area contributed by atoms with Crippen LogP contribution in [-0.2, 0) is 11.3 Å². The van der Waals surface area contributed by atoms with E-state index in [2.05, 4.69) is 10.3 Å². The summed E-state index contributed by atoms with van der Waals surface area (Å²) in [5, 5.41) is 10.7. The highest BCUT2D eigenvalue weighted by molar-refractivity contribution is 7.12. The number of amides is 1. The van der Waals surface area contributed by atoms with E-state index in [1.54, 1.807) is 0 Å². The van der Waals surface area contributed by atoms with Gasteiger partial charge in [-0.1, -0.05) is 41.6 Å². The molecule has 25 heavy (non-hydrogen) atoms. The summed E-state index contributed by atoms with van der Waals surface area (Å²) in [6, 6.07) is 13.8. The summed E-state index contributed by atoms with van der Waals surface area (Å²) in [6.45, 7) is 1.67. The summed E-state index contributed by atoms with van der Waals surface area (Å²) < 4.78 is 8.01. The Kier molecular flexibility index (Phi) is 3.43. The Labute approximate surface area is 148 Å². The van der Waals surface area contributed by atoms with Crippen molar-refractivity contribution < 1.29 is 9.53 Å². The fourth-order valence-electron chi connectivity index (χ4n) is 3.60. The molecular formula is C18H16N4O2S. The van der Waals surface area contributed by atoms with Gasteiger partial charge in [-0.15, -0.1) is 16.4 Å². The number of fused-ring (bicyclic) bond motifs is 3. The van der Waals surface area contributed by atoms with E-state index in [0.29, 0.717) is 19.7 Å². The second-order valence-electron chi connectivity index (χ2n) is 6.30. The normalized spacial score (nSPS) is 21.8. The van der Waals surface area contributed by atoms with Gasteiger partial charge in [0.15, 0.2) is 0 Å². The molecule has 6 nitrogen and oxygen atoms in total. The van der Waals surface area contributed by atoms with Gasteiger partial charge in [0.1, 0.15) is 5.69 Å². The van der Waals surface area contributed by atoms with E-state index in [9.17, 15) is 4.79 Å². The van der Waals surface area contributed by atoms with Crippen molar-refractivity contribution in [2.75, 3.05) is 13.1 Å². The number of rotatable bonds is 2. The Hall–Kier alpha value is -2.51. The van der Waals surface area contributed by atoms with Crippen LogP contribution in [0.25, 0.3) is 11.3 Å². The van der Waals surface area contributed by atoms with Crippen LogP contribution in [0.3, 0.4) is 0 Å². The van der Waals surface area contributed by atoms with E-state index in [4.69, 9.17) is 4.74 Å². The van der Waals surface area contributed by atoms with Gasteiger partial charge in [-0.05, 0) is 11.4 Å². The van der Waals surface area contributed by atoms with Crippen molar-refractivity contribution in [1.82, 2.24) is 19.9 Å². The Bertz CT molecular complexity index is 907. The van der Waals surface area contributed by atoms with Crippen LogP contribution in [0.4, 0.5) is 0 Å². The zero-order chi connectivity index (χ0) is 16.8. The number of hydrogen-bond acceptors (Lipinski definition) is 5. The minimum Gasteiger partial charge on any atom is -0.368 e. The average Bonchev–Trinajstić information content (AvgIpc) is 3.39. The molecule has 2 aromatic heterocycles. The van der Waals surface area contributed by atoms with Crippen LogP contribution in [0.1, 0.15) is 21.4 Å². The molecule has 0 radical (unpaired) electrons. The molecule has 0 spiro atoms. The van der Waals surface area contributed by atoms with Crippen LogP contribution in [-0.4, -0.2) is 45.0 Å². The van der Waals surface area contributed by atoms with Gasteiger partial charge in [0.05, 0.1) is 29.3 Å². The molecule has 1 aromatic carbocycles. The third kappa shape index (κ3) is 2.39. The van der Waals surface area contributed by atoms with Crippen molar-refractivity contribution in [3.8, 4) is 11.3 Å². The van der Waals surface area contributed by atoms with Gasteiger partial charge in [0, 0.05) is 18.7 Å². The maximum Gasteiger partial charge on any atom is 0.264 e. The van der Waals surface area contributed by atoms with Crippen molar-refractivity contribution in [3.05, 3.63) is 58.4 Å². The number of carbonyl (C=O) groups is 1. The van der Waals surface area contributed by atoms with Crippen molar-refractivity contribution in [2.45, 2.75) is 18.8 Å². The molecule has 126 valence electrons. The number of benzene rings is 1. The molecule has 1 fully saturated rings. The molecule has 0 unspecified atom stereocenters. The zero-order valence-electron chi connectivity index (χ0n) is 13.4. The lowest BCUT2D eigenvalue weighted by molar-refractivity contribution is -0.00461. The summed E-state index contributed by atoms with van der Waals surface area (Å²) in [7, 11) is 0. The van der Waals surface area contributed by atoms with Gasteiger partial charge >= 0.3 is 0 Å². The van der Waals surface area contributed by atoms with Gasteiger partial charge in [-0.25, -0.2) is 4.68 Å². The number of hydrogen-bond donors (Lipinski definition) is 0. The van der Waals surface area contributed by atoms with E-state index in [1.807, 2.05) is 57.4 Å². The van der Waals surface area contributed by atoms with E-state index < -0.39 is 0 Å². The number of carbonyl (C=O) groups excluding carboxylic acids is 1. The minimum absolute atomic E-state index is 0.0256. The smallest absolute Gasteiger partial charge is 0.264 e. The largest absolute Gasteiger partial charge is 0.368 e. The first-order chi connectivity index (χ1) is 12.3. The number of nitrogens with zero attached hydrogens (tertiary/aromatic N) is 4. The van der Waals surface area contributed by atoms with Gasteiger partial charge in [-0.2, -0.15) is 0 Å². The van der Waals surface area contributed by atoms with Crippen LogP contribution in [0.15, 0.2) is 47.8 Å². The van der Waals surface area contributed by atoms with Crippen LogP contribution in [0, 0.1) is 0 Å². The van der Waals surface area contributed by atoms with Crippen molar-refractivity contribution in [2.24, 2.45) is 0 Å². The fraction of sp³-hybridized carbons (Fsp3) is 0.278. The molecule has 0 bridgehead atoms. The van der Waals surface area contributed by atoms with Gasteiger partial charge in [0.25, 0.3) is 5.91 Å². The molecule has 2 atom stereocenters. The highest BCUT2D eigenvalue weighted by Gasteiger charge is 2.42. The highest BCUT2D eigenvalue weighted by Crippen LogP contribution is 2.34. The predicted octanol–water partition coefficient (Wildman–Crippen LogP) is 2.60. The molecule has 4 heterocycles. The third-order valence-electron chi connectivity index (χ3n) is 4.84. The summed E-state index contributed by atoms with van der Waals surface area (Å²) in [6.07, 6.45) is -0.0262. The lowest BCUT2D eigenvalue weighted by Gasteiger charge is -2.26. The monoisotopic (exact) mass is 352 g/mol. The van der Waals surface area contributed by atoms with E-state index in [-0.39, 0.29) is 18.1 Å². The predicted molar refractivity (Wildman–Crippen MR) is 93.3 cm³/mol. The van der Waals surface area contributed by atoms with Gasteiger partial charge in [-0.3, -0.25) is 4.79 Å². The van der Waals surface area contributed by atoms with Gasteiger partial charge < -0.3 is 9.64 Å². The molecule has 7 heteroatoms. The average molecular weight is 352 g/mol. The topological polar surface area (TPSA) is 60.3 Å². The quantitative estimate of drug-likeness (QED) is 0.711. The Morgan fingerprint density at radius 3 is 2.84 bits per heavy atom. The molecule has 1 saturated heterocycles. The van der Waals surface area contributed by atoms with Crippen LogP contribution in [0.2, 0.25) is 0 Å². The van der Waals surface area contributed by atoms with Gasteiger partial charge in [0.2, 0.25) is 0 Å². The number of thiophene rings is 1. The molecule has 3 aromatic rings. The second-order valence-corrected chi connectivity index (χ2v) is 7.25. The summed E-state index contributed by atoms with van der Waals surface area (Å²) >= 11 is 1.47. The fourth-order valence-corrected chi connectivity index (χ4v) is 4.29. The molecule has 0 saturated carbocycles. The molecule has 2 aliphatic heterocycles. The zero-order valence-corrected chi connectivity index (χ0v) is 14.2. The van der Waals surface area contributed by atoms with Crippen molar-refractivity contribution >= 4 is 17.2 Å². The summed E-state index contributed by atoms with van der Waals surface area (Å²) in [5.41, 5.74) is 2.88. The minimum atomic E-state index is -0.0262. The Balaban J connectivity index is 1.44. The summed E-state index contributed by atoms with van der Waals surface area (Å²) in [5.74, 6) is 0.0675. The van der Waals surface area contributed by atoms with E-state index in [1.165, 1.54) is 11.3 Å². The standard InChI is InChI=1S/C18H16N4O2S/c23-18(16-7-4-8-25-16)21-9-13-15(10-21)24-11-14-17(19-20-22(13)14)12-5-2-1-3-6-12/h1-8,13,15H,9-11H2/t13-,15-/m0/s1. The van der Waals surface area contributed by atoms with Crippen LogP contribution < -0.4 is 0 Å². The maximum absolute atomic E-state index is 12.6. The summed E-state index contributed by atoms with van der Waals surface area (Å²) in [4.78, 5) is 15.3. The molecule has 0 N–H and O–H groups in total. The third-order valence-corrected chi connectivity index (χ3v) is 5.70. The molecule has 1 amide bonds. The first-order valence-corrected chi connectivity index (χ1v) is 9.13. The molecule has 2 aliphatic rings.